The molecule has 0 saturated carbocycles. The van der Waals surface area contributed by atoms with E-state index in [1.165, 1.54) is 30.9 Å². The number of halogens is 3. The summed E-state index contributed by atoms with van der Waals surface area (Å²) in [5, 5.41) is 0. The minimum absolute atomic E-state index is 0.232. The third kappa shape index (κ3) is 4.21. The van der Waals surface area contributed by atoms with Crippen molar-refractivity contribution < 1.29 is 17.9 Å². The number of aryl methyl sites for hydroxylation is 2. The van der Waals surface area contributed by atoms with Crippen LogP contribution in [0.25, 0.3) is 22.3 Å². The van der Waals surface area contributed by atoms with E-state index in [2.05, 4.69) is 19.1 Å². The van der Waals surface area contributed by atoms with Gasteiger partial charge in [-0.15, -0.1) is 0 Å². The maximum Gasteiger partial charge on any atom is 0.427 e. The van der Waals surface area contributed by atoms with Gasteiger partial charge in [0.25, 0.3) is 0 Å². The monoisotopic (exact) mass is 424 g/mol. The van der Waals surface area contributed by atoms with Gasteiger partial charge in [0.05, 0.1) is 5.56 Å². The van der Waals surface area contributed by atoms with Crippen LogP contribution in [0.15, 0.2) is 54.6 Å². The number of unbranched alkanes of at least 4 members (excludes halogenated alkanes) is 3. The van der Waals surface area contributed by atoms with Crippen LogP contribution in [0.1, 0.15) is 56.2 Å². The van der Waals surface area contributed by atoms with Crippen molar-refractivity contribution in [2.24, 2.45) is 0 Å². The zero-order valence-electron chi connectivity index (χ0n) is 18.0. The molecule has 0 atom stereocenters. The Kier molecular flexibility index (Phi) is 6.08. The smallest absolute Gasteiger partial charge is 0.425 e. The Morgan fingerprint density at radius 1 is 0.806 bits per heavy atom. The lowest BCUT2D eigenvalue weighted by atomic mass is 9.91. The van der Waals surface area contributed by atoms with Gasteiger partial charge in [0.15, 0.2) is 11.6 Å². The maximum absolute atomic E-state index is 14.9. The van der Waals surface area contributed by atoms with Crippen LogP contribution in [0.5, 0.6) is 5.75 Å². The Bertz CT molecular complexity index is 1070. The van der Waals surface area contributed by atoms with Crippen molar-refractivity contribution >= 4 is 0 Å². The van der Waals surface area contributed by atoms with Crippen molar-refractivity contribution in [1.82, 2.24) is 0 Å². The highest BCUT2D eigenvalue weighted by Crippen LogP contribution is 2.49. The fraction of sp³-hybridized carbons (Fsp3) is 0.333. The standard InChI is InChI=1S/C27H27F3O/c1-3-5-6-7-8-18-9-11-20(12-10-18)21-14-15-22-23-16-13-19(4-2)25(28)26(23)31-27(29,30)24(22)17-21/h9-17H,3-8H2,1-2H3. The van der Waals surface area contributed by atoms with E-state index >= 15 is 0 Å². The van der Waals surface area contributed by atoms with E-state index in [-0.39, 0.29) is 11.3 Å². The molecule has 0 amide bonds. The van der Waals surface area contributed by atoms with Crippen LogP contribution in [0, 0.1) is 5.82 Å². The second kappa shape index (κ2) is 8.78. The Hall–Kier alpha value is -2.75. The molecule has 162 valence electrons. The summed E-state index contributed by atoms with van der Waals surface area (Å²) in [5.74, 6) is -1.07. The maximum atomic E-state index is 14.9. The van der Waals surface area contributed by atoms with Crippen molar-refractivity contribution in [2.75, 3.05) is 0 Å². The van der Waals surface area contributed by atoms with Crippen LogP contribution in [-0.4, -0.2) is 0 Å². The van der Waals surface area contributed by atoms with E-state index in [4.69, 9.17) is 4.74 Å². The summed E-state index contributed by atoms with van der Waals surface area (Å²) in [6.07, 6.45) is 2.68. The van der Waals surface area contributed by atoms with Gasteiger partial charge < -0.3 is 4.74 Å². The number of rotatable bonds is 7. The second-order valence-electron chi connectivity index (χ2n) is 8.16. The van der Waals surface area contributed by atoms with Gasteiger partial charge in [0.1, 0.15) is 0 Å². The van der Waals surface area contributed by atoms with E-state index in [0.29, 0.717) is 28.7 Å². The third-order valence-corrected chi connectivity index (χ3v) is 6.02. The molecule has 1 aliphatic rings. The molecule has 0 aromatic heterocycles. The largest absolute Gasteiger partial charge is 0.427 e. The van der Waals surface area contributed by atoms with Gasteiger partial charge in [-0.05, 0) is 53.1 Å². The Morgan fingerprint density at radius 2 is 1.52 bits per heavy atom. The predicted molar refractivity (Wildman–Crippen MR) is 119 cm³/mol. The fourth-order valence-electron chi connectivity index (χ4n) is 4.18. The van der Waals surface area contributed by atoms with Gasteiger partial charge in [-0.1, -0.05) is 81.6 Å². The molecule has 0 N–H and O–H groups in total. The molecule has 3 aromatic carbocycles. The van der Waals surface area contributed by atoms with Gasteiger partial charge >= 0.3 is 6.11 Å². The topological polar surface area (TPSA) is 9.23 Å². The molecule has 1 nitrogen and oxygen atoms in total. The predicted octanol–water partition coefficient (Wildman–Crippen LogP) is 8.29. The van der Waals surface area contributed by atoms with Crippen molar-refractivity contribution in [3.05, 3.63) is 77.1 Å². The Balaban J connectivity index is 1.65. The summed E-state index contributed by atoms with van der Waals surface area (Å²) in [6, 6.07) is 16.3. The molecule has 0 radical (unpaired) electrons. The molecule has 1 heterocycles. The summed E-state index contributed by atoms with van der Waals surface area (Å²) >= 11 is 0. The Labute approximate surface area is 181 Å². The molecule has 0 aliphatic carbocycles. The molecule has 0 fully saturated rings. The van der Waals surface area contributed by atoms with Crippen LogP contribution < -0.4 is 4.74 Å². The van der Waals surface area contributed by atoms with Gasteiger partial charge in [-0.25, -0.2) is 4.39 Å². The van der Waals surface area contributed by atoms with E-state index in [1.807, 2.05) is 18.2 Å². The average Bonchev–Trinajstić information content (AvgIpc) is 2.78. The van der Waals surface area contributed by atoms with Crippen molar-refractivity contribution in [3.63, 3.8) is 0 Å². The highest BCUT2D eigenvalue weighted by Gasteiger charge is 2.43. The minimum atomic E-state index is -3.59. The van der Waals surface area contributed by atoms with E-state index in [0.717, 1.165) is 18.4 Å². The molecule has 4 heteroatoms. The average molecular weight is 425 g/mol. The number of hydrogen-bond acceptors (Lipinski definition) is 1. The summed E-state index contributed by atoms with van der Waals surface area (Å²) < 4.78 is 49.3. The number of fused-ring (bicyclic) bond motifs is 3. The van der Waals surface area contributed by atoms with Crippen LogP contribution in [0.3, 0.4) is 0 Å². The first kappa shape index (κ1) is 21.5. The number of benzene rings is 3. The van der Waals surface area contributed by atoms with E-state index in [9.17, 15) is 13.2 Å². The lowest BCUT2D eigenvalue weighted by Crippen LogP contribution is -2.27. The number of hydrogen-bond donors (Lipinski definition) is 0. The molecule has 0 spiro atoms. The van der Waals surface area contributed by atoms with Crippen LogP contribution in [0.4, 0.5) is 13.2 Å². The quantitative estimate of drug-likeness (QED) is 0.347. The van der Waals surface area contributed by atoms with Crippen LogP contribution >= 0.6 is 0 Å². The lowest BCUT2D eigenvalue weighted by molar-refractivity contribution is -0.188. The van der Waals surface area contributed by atoms with Crippen molar-refractivity contribution in [2.45, 2.75) is 58.5 Å². The summed E-state index contributed by atoms with van der Waals surface area (Å²) in [7, 11) is 0. The Morgan fingerprint density at radius 3 is 2.23 bits per heavy atom. The zero-order valence-corrected chi connectivity index (χ0v) is 18.0. The van der Waals surface area contributed by atoms with Crippen LogP contribution in [-0.2, 0) is 19.0 Å². The van der Waals surface area contributed by atoms with E-state index < -0.39 is 11.9 Å². The summed E-state index contributed by atoms with van der Waals surface area (Å²) in [4.78, 5) is 0. The first-order chi connectivity index (χ1) is 14.9. The molecule has 31 heavy (non-hydrogen) atoms. The SMILES string of the molecule is CCCCCCc1ccc(-c2ccc3c(c2)C(F)(F)Oc2c-3ccc(CC)c2F)cc1. The van der Waals surface area contributed by atoms with E-state index in [1.54, 1.807) is 25.1 Å². The van der Waals surface area contributed by atoms with Gasteiger partial charge in [-0.3, -0.25) is 0 Å². The second-order valence-corrected chi connectivity index (χ2v) is 8.16. The number of ether oxygens (including phenoxy) is 1. The first-order valence-corrected chi connectivity index (χ1v) is 11.1. The van der Waals surface area contributed by atoms with Gasteiger partial charge in [-0.2, -0.15) is 8.78 Å². The normalized spacial score (nSPS) is 14.0. The first-order valence-electron chi connectivity index (χ1n) is 11.1. The fourth-order valence-corrected chi connectivity index (χ4v) is 4.18. The zero-order chi connectivity index (χ0) is 22.0. The number of alkyl halides is 2. The highest BCUT2D eigenvalue weighted by molar-refractivity contribution is 5.80. The summed E-state index contributed by atoms with van der Waals surface area (Å²) in [5.41, 5.74) is 3.62. The molecule has 3 aromatic rings. The minimum Gasteiger partial charge on any atom is -0.425 e. The van der Waals surface area contributed by atoms with Crippen molar-refractivity contribution in [1.29, 1.82) is 0 Å². The third-order valence-electron chi connectivity index (χ3n) is 6.02. The van der Waals surface area contributed by atoms with Gasteiger partial charge in [0, 0.05) is 5.56 Å². The lowest BCUT2D eigenvalue weighted by Gasteiger charge is -2.29. The van der Waals surface area contributed by atoms with Crippen molar-refractivity contribution in [3.8, 4) is 28.0 Å². The molecule has 0 unspecified atom stereocenters. The highest BCUT2D eigenvalue weighted by atomic mass is 19.3. The summed E-state index contributed by atoms with van der Waals surface area (Å²) in [6.45, 7) is 3.97. The molecular formula is C27H27F3O. The molecular weight excluding hydrogens is 397 g/mol. The van der Waals surface area contributed by atoms with Crippen LogP contribution in [0.2, 0.25) is 0 Å². The molecule has 1 aliphatic heterocycles. The molecule has 4 rings (SSSR count). The molecule has 0 saturated heterocycles. The molecule has 0 bridgehead atoms. The van der Waals surface area contributed by atoms with Gasteiger partial charge in [0.2, 0.25) is 0 Å².